The first kappa shape index (κ1) is 17.2. The van der Waals surface area contributed by atoms with E-state index in [2.05, 4.69) is 16.7 Å². The van der Waals surface area contributed by atoms with Crippen molar-refractivity contribution in [3.05, 3.63) is 63.8 Å². The van der Waals surface area contributed by atoms with E-state index in [9.17, 15) is 0 Å². The van der Waals surface area contributed by atoms with Gasteiger partial charge in [0.1, 0.15) is 12.4 Å². The molecule has 0 unspecified atom stereocenters. The van der Waals surface area contributed by atoms with Crippen molar-refractivity contribution in [2.24, 2.45) is 7.05 Å². The zero-order valence-corrected chi connectivity index (χ0v) is 15.2. The molecule has 126 valence electrons. The van der Waals surface area contributed by atoms with Crippen molar-refractivity contribution >= 4 is 34.1 Å². The Hall–Kier alpha value is -1.68. The van der Waals surface area contributed by atoms with Crippen molar-refractivity contribution in [3.8, 4) is 5.75 Å². The molecule has 0 amide bonds. The van der Waals surface area contributed by atoms with Gasteiger partial charge in [0.15, 0.2) is 0 Å². The highest BCUT2D eigenvalue weighted by Gasteiger charge is 2.16. The molecule has 0 atom stereocenters. The fraction of sp³-hybridized carbons (Fsp3) is 0.263. The quantitative estimate of drug-likeness (QED) is 0.568. The van der Waals surface area contributed by atoms with Crippen LogP contribution in [0.5, 0.6) is 5.75 Å². The number of nitrogens with zero attached hydrogens (tertiary/aromatic N) is 1. The summed E-state index contributed by atoms with van der Waals surface area (Å²) < 4.78 is 13.7. The van der Waals surface area contributed by atoms with E-state index in [1.807, 2.05) is 26.1 Å². The summed E-state index contributed by atoms with van der Waals surface area (Å²) in [5.41, 5.74) is 3.39. The van der Waals surface area contributed by atoms with Gasteiger partial charge in [-0.05, 0) is 31.2 Å². The van der Waals surface area contributed by atoms with Gasteiger partial charge in [0.2, 0.25) is 0 Å². The van der Waals surface area contributed by atoms with Crippen molar-refractivity contribution in [1.29, 1.82) is 0 Å². The second-order valence-corrected chi connectivity index (χ2v) is 6.35. The Balaban J connectivity index is 1.94. The van der Waals surface area contributed by atoms with Crippen molar-refractivity contribution < 1.29 is 9.47 Å². The molecule has 1 heterocycles. The number of ether oxygens (including phenoxy) is 2. The number of hydrogen-bond acceptors (Lipinski definition) is 2. The number of aryl methyl sites for hydroxylation is 1. The highest BCUT2D eigenvalue weighted by atomic mass is 35.5. The summed E-state index contributed by atoms with van der Waals surface area (Å²) in [5, 5.41) is 2.29. The predicted octanol–water partition coefficient (Wildman–Crippen LogP) is 5.60. The Labute approximate surface area is 151 Å². The topological polar surface area (TPSA) is 23.4 Å². The maximum Gasteiger partial charge on any atom is 0.138 e. The molecular formula is C19H19Cl2NO2. The van der Waals surface area contributed by atoms with Gasteiger partial charge in [-0.1, -0.05) is 41.4 Å². The van der Waals surface area contributed by atoms with Crippen molar-refractivity contribution in [3.63, 3.8) is 0 Å². The SMILES string of the molecule is CCOCc1c(COc2ccc(Cl)cc2Cl)n(C)c2ccccc12. The number of fused-ring (bicyclic) bond motifs is 1. The molecule has 3 aromatic rings. The third-order valence-corrected chi connectivity index (χ3v) is 4.58. The van der Waals surface area contributed by atoms with Gasteiger partial charge in [-0.15, -0.1) is 0 Å². The lowest BCUT2D eigenvalue weighted by atomic mass is 10.1. The van der Waals surface area contributed by atoms with E-state index in [0.717, 1.165) is 16.8 Å². The molecule has 0 aliphatic rings. The fourth-order valence-corrected chi connectivity index (χ4v) is 3.28. The van der Waals surface area contributed by atoms with Crippen molar-refractivity contribution in [2.45, 2.75) is 20.1 Å². The number of benzene rings is 2. The van der Waals surface area contributed by atoms with Gasteiger partial charge in [0.05, 0.1) is 17.3 Å². The lowest BCUT2D eigenvalue weighted by Gasteiger charge is -2.12. The minimum atomic E-state index is 0.412. The van der Waals surface area contributed by atoms with E-state index in [0.29, 0.717) is 35.6 Å². The molecule has 0 saturated heterocycles. The molecule has 0 bridgehead atoms. The van der Waals surface area contributed by atoms with Crippen LogP contribution in [0.3, 0.4) is 0 Å². The summed E-state index contributed by atoms with van der Waals surface area (Å²) in [5.74, 6) is 0.619. The van der Waals surface area contributed by atoms with Crippen LogP contribution in [0.4, 0.5) is 0 Å². The van der Waals surface area contributed by atoms with Crippen molar-refractivity contribution in [2.75, 3.05) is 6.61 Å². The van der Waals surface area contributed by atoms with Crippen LogP contribution < -0.4 is 4.74 Å². The lowest BCUT2D eigenvalue weighted by molar-refractivity contribution is 0.133. The molecule has 0 fully saturated rings. The van der Waals surface area contributed by atoms with Crippen LogP contribution in [0, 0.1) is 0 Å². The summed E-state index contributed by atoms with van der Waals surface area (Å²) >= 11 is 12.1. The molecule has 0 aliphatic heterocycles. The fourth-order valence-electron chi connectivity index (χ4n) is 2.81. The van der Waals surface area contributed by atoms with Gasteiger partial charge in [-0.25, -0.2) is 0 Å². The summed E-state index contributed by atoms with van der Waals surface area (Å²) in [6.07, 6.45) is 0. The molecule has 5 heteroatoms. The highest BCUT2D eigenvalue weighted by molar-refractivity contribution is 6.35. The van der Waals surface area contributed by atoms with Crippen molar-refractivity contribution in [1.82, 2.24) is 4.57 Å². The summed E-state index contributed by atoms with van der Waals surface area (Å²) in [6, 6.07) is 13.5. The first-order chi connectivity index (χ1) is 11.6. The van der Waals surface area contributed by atoms with E-state index in [4.69, 9.17) is 32.7 Å². The minimum absolute atomic E-state index is 0.412. The molecule has 0 radical (unpaired) electrons. The van der Waals surface area contributed by atoms with Crippen LogP contribution in [-0.2, 0) is 25.0 Å². The zero-order valence-electron chi connectivity index (χ0n) is 13.7. The Bertz CT molecular complexity index is 858. The molecule has 0 N–H and O–H groups in total. The summed E-state index contributed by atoms with van der Waals surface area (Å²) in [4.78, 5) is 0. The van der Waals surface area contributed by atoms with Crippen LogP contribution in [0.25, 0.3) is 10.9 Å². The van der Waals surface area contributed by atoms with E-state index < -0.39 is 0 Å². The van der Waals surface area contributed by atoms with E-state index >= 15 is 0 Å². The van der Waals surface area contributed by atoms with Gasteiger partial charge >= 0.3 is 0 Å². The monoisotopic (exact) mass is 363 g/mol. The predicted molar refractivity (Wildman–Crippen MR) is 99.0 cm³/mol. The average Bonchev–Trinajstić information content (AvgIpc) is 2.84. The summed E-state index contributed by atoms with van der Waals surface area (Å²) in [7, 11) is 2.04. The molecule has 0 spiro atoms. The Morgan fingerprint density at radius 1 is 1.04 bits per heavy atom. The Morgan fingerprint density at radius 2 is 1.83 bits per heavy atom. The number of rotatable bonds is 6. The number of aromatic nitrogens is 1. The normalized spacial score (nSPS) is 11.2. The second kappa shape index (κ2) is 7.47. The van der Waals surface area contributed by atoms with Crippen LogP contribution in [0.2, 0.25) is 10.0 Å². The Kier molecular flexibility index (Phi) is 5.34. The molecule has 0 aliphatic carbocycles. The highest BCUT2D eigenvalue weighted by Crippen LogP contribution is 2.30. The van der Waals surface area contributed by atoms with Gasteiger partial charge in [0, 0.05) is 35.1 Å². The van der Waals surface area contributed by atoms with Crippen LogP contribution in [0.15, 0.2) is 42.5 Å². The molecule has 0 saturated carbocycles. The standard InChI is InChI=1S/C19H19Cl2NO2/c1-3-23-11-15-14-6-4-5-7-17(14)22(2)18(15)12-24-19-9-8-13(20)10-16(19)21/h4-10H,3,11-12H2,1-2H3. The van der Waals surface area contributed by atoms with Crippen LogP contribution >= 0.6 is 23.2 Å². The minimum Gasteiger partial charge on any atom is -0.486 e. The van der Waals surface area contributed by atoms with E-state index in [1.54, 1.807) is 18.2 Å². The van der Waals surface area contributed by atoms with E-state index in [1.165, 1.54) is 5.39 Å². The molecule has 24 heavy (non-hydrogen) atoms. The smallest absolute Gasteiger partial charge is 0.138 e. The molecular weight excluding hydrogens is 345 g/mol. The third kappa shape index (κ3) is 3.39. The van der Waals surface area contributed by atoms with E-state index in [-0.39, 0.29) is 0 Å². The largest absolute Gasteiger partial charge is 0.486 e. The number of para-hydroxylation sites is 1. The zero-order chi connectivity index (χ0) is 17.1. The second-order valence-electron chi connectivity index (χ2n) is 5.50. The van der Waals surface area contributed by atoms with Gasteiger partial charge in [0.25, 0.3) is 0 Å². The van der Waals surface area contributed by atoms with Gasteiger partial charge in [-0.2, -0.15) is 0 Å². The maximum absolute atomic E-state index is 6.20. The molecule has 3 nitrogen and oxygen atoms in total. The number of halogens is 2. The van der Waals surface area contributed by atoms with Gasteiger partial charge in [-0.3, -0.25) is 0 Å². The third-order valence-electron chi connectivity index (χ3n) is 4.05. The first-order valence-electron chi connectivity index (χ1n) is 7.82. The van der Waals surface area contributed by atoms with Crippen LogP contribution in [0.1, 0.15) is 18.2 Å². The Morgan fingerprint density at radius 3 is 2.58 bits per heavy atom. The molecule has 1 aromatic heterocycles. The van der Waals surface area contributed by atoms with Crippen LogP contribution in [-0.4, -0.2) is 11.2 Å². The summed E-state index contributed by atoms with van der Waals surface area (Å²) in [6.45, 7) is 3.64. The molecule has 3 rings (SSSR count). The maximum atomic E-state index is 6.20. The average molecular weight is 364 g/mol. The lowest BCUT2D eigenvalue weighted by Crippen LogP contribution is -2.06. The number of hydrogen-bond donors (Lipinski definition) is 0. The molecule has 2 aromatic carbocycles. The first-order valence-corrected chi connectivity index (χ1v) is 8.58. The van der Waals surface area contributed by atoms with Gasteiger partial charge < -0.3 is 14.0 Å².